The average Bonchev–Trinajstić information content (AvgIpc) is 3.29. The Morgan fingerprint density at radius 1 is 0.460 bits per heavy atom. The van der Waals surface area contributed by atoms with Gasteiger partial charge in [-0.05, 0) is 102 Å². The van der Waals surface area contributed by atoms with Gasteiger partial charge in [0.2, 0.25) is 20.0 Å². The van der Waals surface area contributed by atoms with Crippen LogP contribution < -0.4 is 28.4 Å². The summed E-state index contributed by atoms with van der Waals surface area (Å²) < 4.78 is 81.2. The van der Waals surface area contributed by atoms with Gasteiger partial charge in [0, 0.05) is 22.3 Å². The molecule has 2 N–H and O–H groups in total. The van der Waals surface area contributed by atoms with Gasteiger partial charge in [0.1, 0.15) is 23.0 Å². The molecule has 0 aliphatic heterocycles. The van der Waals surface area contributed by atoms with E-state index in [1.54, 1.807) is 111 Å². The van der Waals surface area contributed by atoms with Crippen molar-refractivity contribution in [1.82, 2.24) is 0 Å². The fourth-order valence-corrected chi connectivity index (χ4v) is 10.1. The molecule has 0 fully saturated rings. The molecule has 13 nitrogen and oxygen atoms in total. The minimum atomic E-state index is -4.07. The van der Waals surface area contributed by atoms with Crippen LogP contribution in [0.4, 0.5) is 11.4 Å². The van der Waals surface area contributed by atoms with Gasteiger partial charge in [0.15, 0.2) is 17.3 Å². The first-order chi connectivity index (χ1) is 30.4. The Morgan fingerprint density at radius 2 is 0.889 bits per heavy atom. The quantitative estimate of drug-likeness (QED) is 0.0856. The molecular weight excluding hydrogens is 845 g/mol. The summed E-state index contributed by atoms with van der Waals surface area (Å²) in [6.07, 6.45) is 0.459. The molecule has 63 heavy (non-hydrogen) atoms. The van der Waals surface area contributed by atoms with Crippen molar-refractivity contribution in [2.75, 3.05) is 48.4 Å². The molecule has 0 bridgehead atoms. The van der Waals surface area contributed by atoms with E-state index in [1.807, 2.05) is 0 Å². The Labute approximate surface area is 365 Å². The van der Waals surface area contributed by atoms with Gasteiger partial charge >= 0.3 is 0 Å². The van der Waals surface area contributed by atoms with E-state index in [9.17, 15) is 31.2 Å². The zero-order valence-corrected chi connectivity index (χ0v) is 35.9. The second kappa shape index (κ2) is 17.8. The first-order valence-corrected chi connectivity index (χ1v) is 23.4. The lowest BCUT2D eigenvalue weighted by Crippen LogP contribution is -2.26. The number of hydrogen-bond donors (Lipinski definition) is 2. The van der Waals surface area contributed by atoms with E-state index in [0.29, 0.717) is 45.3 Å². The summed E-state index contributed by atoms with van der Waals surface area (Å²) in [6.45, 7) is 0.204. The maximum absolute atomic E-state index is 14.6. The number of carbonyl (C=O) groups excluding carboxylic acids is 3. The Hall–Kier alpha value is -6.97. The van der Waals surface area contributed by atoms with E-state index in [2.05, 4.69) is 9.44 Å². The highest BCUT2D eigenvalue weighted by Crippen LogP contribution is 2.44. The van der Waals surface area contributed by atoms with Crippen LogP contribution in [0.25, 0.3) is 11.1 Å². The molecule has 0 saturated carbocycles. The number of ketones is 3. The number of anilines is 2. The molecule has 8 rings (SSSR count). The first-order valence-electron chi connectivity index (χ1n) is 20.1. The predicted octanol–water partition coefficient (Wildman–Crippen LogP) is 7.70. The van der Waals surface area contributed by atoms with Crippen molar-refractivity contribution < 1.29 is 50.2 Å². The van der Waals surface area contributed by atoms with Crippen LogP contribution in [0.3, 0.4) is 0 Å². The van der Waals surface area contributed by atoms with Crippen LogP contribution in [-0.2, 0) is 26.5 Å². The van der Waals surface area contributed by atoms with Crippen molar-refractivity contribution in [2.45, 2.75) is 19.3 Å². The number of rotatable bonds is 17. The van der Waals surface area contributed by atoms with Crippen LogP contribution in [0.5, 0.6) is 23.0 Å². The Bertz CT molecular complexity index is 2990. The summed E-state index contributed by atoms with van der Waals surface area (Å²) in [6, 6.07) is 33.2. The van der Waals surface area contributed by atoms with Crippen LogP contribution in [0.1, 0.15) is 71.7 Å². The van der Waals surface area contributed by atoms with E-state index >= 15 is 0 Å². The number of methoxy groups -OCH3 is 2. The van der Waals surface area contributed by atoms with E-state index < -0.39 is 37.4 Å². The van der Waals surface area contributed by atoms with Crippen LogP contribution in [0.2, 0.25) is 0 Å². The van der Waals surface area contributed by atoms with Gasteiger partial charge in [-0.2, -0.15) is 0 Å². The number of hydrogen-bond acceptors (Lipinski definition) is 11. The molecule has 2 aliphatic carbocycles. The summed E-state index contributed by atoms with van der Waals surface area (Å²) in [5.41, 5.74) is 2.39. The zero-order chi connectivity index (χ0) is 44.3. The van der Waals surface area contributed by atoms with Crippen molar-refractivity contribution in [3.8, 4) is 34.1 Å². The third kappa shape index (κ3) is 9.01. The van der Waals surface area contributed by atoms with E-state index in [4.69, 9.17) is 18.9 Å². The zero-order valence-electron chi connectivity index (χ0n) is 34.3. The van der Waals surface area contributed by atoms with Gasteiger partial charge in [0.05, 0.1) is 61.4 Å². The predicted molar refractivity (Wildman–Crippen MR) is 239 cm³/mol. The van der Waals surface area contributed by atoms with Crippen LogP contribution >= 0.6 is 0 Å². The highest BCUT2D eigenvalue weighted by Gasteiger charge is 2.37. The summed E-state index contributed by atoms with van der Waals surface area (Å²) in [7, 11) is -4.97. The van der Waals surface area contributed by atoms with Crippen LogP contribution in [0.15, 0.2) is 121 Å². The highest BCUT2D eigenvalue weighted by molar-refractivity contribution is 7.93. The molecule has 2 aliphatic rings. The second-order valence-electron chi connectivity index (χ2n) is 14.9. The van der Waals surface area contributed by atoms with Crippen molar-refractivity contribution in [3.63, 3.8) is 0 Å². The highest BCUT2D eigenvalue weighted by atomic mass is 32.2. The topological polar surface area (TPSA) is 180 Å². The summed E-state index contributed by atoms with van der Waals surface area (Å²) in [5, 5.41) is 0. The van der Waals surface area contributed by atoms with Crippen LogP contribution in [0, 0.1) is 0 Å². The SMILES string of the molecule is COc1ccc(OCCCS(=O)(=O)Nc2ccc(-c3ccc(NS(=O)(=O)CCCOc4ccc(OC)cc4)c4c3C(=O)c3ccccc3C4=O)c3c2C(=O)c2ccccc2C3)cc1. The Kier molecular flexibility index (Phi) is 12.1. The molecule has 0 spiro atoms. The third-order valence-electron chi connectivity index (χ3n) is 10.8. The molecule has 6 aromatic rings. The smallest absolute Gasteiger partial charge is 0.232 e. The average molecular weight is 887 g/mol. The number of fused-ring (bicyclic) bond motifs is 4. The Balaban J connectivity index is 1.12. The van der Waals surface area contributed by atoms with Crippen molar-refractivity contribution in [2.24, 2.45) is 0 Å². The molecule has 0 unspecified atom stereocenters. The van der Waals surface area contributed by atoms with Gasteiger partial charge in [-0.25, -0.2) is 16.8 Å². The van der Waals surface area contributed by atoms with Gasteiger partial charge in [0.25, 0.3) is 0 Å². The lowest BCUT2D eigenvalue weighted by molar-refractivity contribution is 0.0980. The molecule has 0 heterocycles. The molecule has 322 valence electrons. The normalized spacial score (nSPS) is 13.0. The summed E-state index contributed by atoms with van der Waals surface area (Å²) in [4.78, 5) is 43.3. The molecule has 15 heteroatoms. The number of carbonyl (C=O) groups is 3. The number of nitrogens with one attached hydrogen (secondary N) is 2. The lowest BCUT2D eigenvalue weighted by Gasteiger charge is -2.27. The minimum Gasteiger partial charge on any atom is -0.497 e. The summed E-state index contributed by atoms with van der Waals surface area (Å²) in [5.74, 6) is 0.262. The number of ether oxygens (including phenoxy) is 4. The molecule has 0 saturated heterocycles. The molecule has 0 radical (unpaired) electrons. The number of benzene rings is 6. The molecule has 0 atom stereocenters. The fourth-order valence-electron chi connectivity index (χ4n) is 7.84. The monoisotopic (exact) mass is 886 g/mol. The van der Waals surface area contributed by atoms with Crippen molar-refractivity contribution >= 4 is 48.8 Å². The third-order valence-corrected chi connectivity index (χ3v) is 13.6. The fraction of sp³-hybridized carbons (Fsp3) is 0.188. The second-order valence-corrected chi connectivity index (χ2v) is 18.6. The van der Waals surface area contributed by atoms with E-state index in [-0.39, 0.29) is 88.7 Å². The number of sulfonamides is 2. The van der Waals surface area contributed by atoms with Crippen molar-refractivity contribution in [1.29, 1.82) is 0 Å². The van der Waals surface area contributed by atoms with Gasteiger partial charge in [-0.15, -0.1) is 0 Å². The Morgan fingerprint density at radius 3 is 1.41 bits per heavy atom. The van der Waals surface area contributed by atoms with E-state index in [0.717, 1.165) is 0 Å². The molecule has 0 aromatic heterocycles. The molecule has 6 aromatic carbocycles. The maximum Gasteiger partial charge on any atom is 0.232 e. The first kappa shape index (κ1) is 42.7. The lowest BCUT2D eigenvalue weighted by atomic mass is 9.76. The van der Waals surface area contributed by atoms with Crippen LogP contribution in [-0.4, -0.2) is 73.1 Å². The molecule has 0 amide bonds. The van der Waals surface area contributed by atoms with Gasteiger partial charge in [-0.1, -0.05) is 60.7 Å². The van der Waals surface area contributed by atoms with Crippen molar-refractivity contribution in [3.05, 3.63) is 166 Å². The summed E-state index contributed by atoms with van der Waals surface area (Å²) >= 11 is 0. The van der Waals surface area contributed by atoms with E-state index in [1.165, 1.54) is 24.3 Å². The largest absolute Gasteiger partial charge is 0.497 e. The minimum absolute atomic E-state index is 0.0413. The standard InChI is InChI=1S/C48H42N2O11S2/c1-58-31-13-17-33(18-14-31)60-25-7-27-62(54,55)49-41-23-21-36(40-29-30-9-3-4-10-35(30)46(51)43(40)41)37-22-24-42(45-44(37)47(52)38-11-5-6-12-39(38)48(45)53)50-63(56,57)28-8-26-61-34-19-15-32(59-2)16-20-34/h3-6,9-24,49-50H,7-8,25-29H2,1-2H3. The van der Waals surface area contributed by atoms with Gasteiger partial charge < -0.3 is 18.9 Å². The maximum atomic E-state index is 14.6. The molecular formula is C48H42N2O11S2. The van der Waals surface area contributed by atoms with Gasteiger partial charge in [-0.3, -0.25) is 23.8 Å².